The molecule has 0 radical (unpaired) electrons. The number of rotatable bonds is 2. The zero-order chi connectivity index (χ0) is 12.7. The molecule has 0 saturated carbocycles. The number of hydrogen-bond donors (Lipinski definition) is 0. The Morgan fingerprint density at radius 1 is 1.06 bits per heavy atom. The lowest BCUT2D eigenvalue weighted by Gasteiger charge is -2.32. The number of nitrogens with zero attached hydrogens (tertiary/aromatic N) is 2. The van der Waals surface area contributed by atoms with Gasteiger partial charge in [0.05, 0.1) is 11.2 Å². The Hall–Kier alpha value is -0.585. The van der Waals surface area contributed by atoms with Crippen molar-refractivity contribution < 1.29 is 9.31 Å². The molecule has 1 aliphatic heterocycles. The standard InChI is InChI=1S/C11H17BN2O2S/c1-10(2)11(3,4)16-12(15-10)8-9(17-5)14-7-6-13-8/h6-7H,1-5H3. The molecule has 1 aromatic rings. The minimum atomic E-state index is -0.434. The minimum Gasteiger partial charge on any atom is -0.398 e. The van der Waals surface area contributed by atoms with Crippen molar-refractivity contribution >= 4 is 24.5 Å². The lowest BCUT2D eigenvalue weighted by Crippen LogP contribution is -2.41. The van der Waals surface area contributed by atoms with Gasteiger partial charge in [-0.2, -0.15) is 0 Å². The molecule has 2 rings (SSSR count). The molecule has 1 aromatic heterocycles. The van der Waals surface area contributed by atoms with Gasteiger partial charge in [-0.15, -0.1) is 11.8 Å². The highest BCUT2D eigenvalue weighted by Crippen LogP contribution is 2.36. The second-order valence-electron chi connectivity index (χ2n) is 5.04. The van der Waals surface area contributed by atoms with E-state index in [2.05, 4.69) is 9.97 Å². The van der Waals surface area contributed by atoms with E-state index >= 15 is 0 Å². The summed E-state index contributed by atoms with van der Waals surface area (Å²) >= 11 is 1.55. The first-order valence-corrected chi connectivity index (χ1v) is 6.80. The van der Waals surface area contributed by atoms with Gasteiger partial charge in [0.1, 0.15) is 10.6 Å². The largest absolute Gasteiger partial charge is 0.517 e. The Labute approximate surface area is 107 Å². The lowest BCUT2D eigenvalue weighted by atomic mass is 9.85. The average Bonchev–Trinajstić information content (AvgIpc) is 2.48. The monoisotopic (exact) mass is 252 g/mol. The second kappa shape index (κ2) is 4.26. The molecule has 92 valence electrons. The molecule has 0 spiro atoms. The predicted octanol–water partition coefficient (Wildman–Crippen LogP) is 1.50. The van der Waals surface area contributed by atoms with Crippen molar-refractivity contribution in [2.45, 2.75) is 43.9 Å². The summed E-state index contributed by atoms with van der Waals surface area (Å²) in [5.41, 5.74) is 0.0778. The topological polar surface area (TPSA) is 44.2 Å². The van der Waals surface area contributed by atoms with Crippen LogP contribution >= 0.6 is 11.8 Å². The molecule has 4 nitrogen and oxygen atoms in total. The van der Waals surface area contributed by atoms with E-state index in [4.69, 9.17) is 9.31 Å². The summed E-state index contributed by atoms with van der Waals surface area (Å²) in [5, 5.41) is 0.853. The maximum atomic E-state index is 5.95. The van der Waals surface area contributed by atoms with Gasteiger partial charge in [-0.3, -0.25) is 4.98 Å². The van der Waals surface area contributed by atoms with Crippen molar-refractivity contribution in [1.29, 1.82) is 0 Å². The molecule has 0 unspecified atom stereocenters. The Morgan fingerprint density at radius 2 is 1.59 bits per heavy atom. The van der Waals surface area contributed by atoms with Crippen LogP contribution in [0.25, 0.3) is 0 Å². The van der Waals surface area contributed by atoms with Crippen molar-refractivity contribution in [3.8, 4) is 0 Å². The minimum absolute atomic E-state index is 0.342. The van der Waals surface area contributed by atoms with Gasteiger partial charge in [-0.05, 0) is 34.0 Å². The molecule has 0 aliphatic carbocycles. The Morgan fingerprint density at radius 3 is 2.12 bits per heavy atom. The van der Waals surface area contributed by atoms with Crippen molar-refractivity contribution in [3.05, 3.63) is 12.4 Å². The van der Waals surface area contributed by atoms with Crippen LogP contribution in [-0.4, -0.2) is 34.5 Å². The predicted molar refractivity (Wildman–Crippen MR) is 69.5 cm³/mol. The second-order valence-corrected chi connectivity index (χ2v) is 5.83. The molecule has 0 amide bonds. The van der Waals surface area contributed by atoms with Gasteiger partial charge in [0.25, 0.3) is 0 Å². The van der Waals surface area contributed by atoms with Crippen molar-refractivity contribution in [2.24, 2.45) is 0 Å². The highest BCUT2D eigenvalue weighted by molar-refractivity contribution is 7.98. The summed E-state index contributed by atoms with van der Waals surface area (Å²) in [6.07, 6.45) is 5.32. The van der Waals surface area contributed by atoms with E-state index in [1.54, 1.807) is 24.2 Å². The van der Waals surface area contributed by atoms with E-state index < -0.39 is 7.12 Å². The summed E-state index contributed by atoms with van der Waals surface area (Å²) in [6.45, 7) is 8.12. The Kier molecular flexibility index (Phi) is 3.22. The third-order valence-corrected chi connectivity index (χ3v) is 4.06. The molecular formula is C11H17BN2O2S. The van der Waals surface area contributed by atoms with Crippen LogP contribution in [0.15, 0.2) is 17.4 Å². The maximum absolute atomic E-state index is 5.95. The normalized spacial score (nSPS) is 21.8. The smallest absolute Gasteiger partial charge is 0.398 e. The number of thioether (sulfide) groups is 1. The van der Waals surface area contributed by atoms with Crippen LogP contribution in [0.5, 0.6) is 0 Å². The van der Waals surface area contributed by atoms with Gasteiger partial charge < -0.3 is 9.31 Å². The lowest BCUT2D eigenvalue weighted by molar-refractivity contribution is 0.00578. The van der Waals surface area contributed by atoms with Crippen LogP contribution in [-0.2, 0) is 9.31 Å². The third-order valence-electron chi connectivity index (χ3n) is 3.36. The van der Waals surface area contributed by atoms with Crippen LogP contribution in [0.1, 0.15) is 27.7 Å². The van der Waals surface area contributed by atoms with Gasteiger partial charge >= 0.3 is 7.12 Å². The molecule has 0 aromatic carbocycles. The van der Waals surface area contributed by atoms with E-state index in [1.807, 2.05) is 34.0 Å². The molecular weight excluding hydrogens is 235 g/mol. The zero-order valence-corrected chi connectivity index (χ0v) is 11.7. The van der Waals surface area contributed by atoms with E-state index in [-0.39, 0.29) is 11.2 Å². The van der Waals surface area contributed by atoms with Gasteiger partial charge in [0.2, 0.25) is 0 Å². The van der Waals surface area contributed by atoms with Crippen molar-refractivity contribution in [1.82, 2.24) is 9.97 Å². The van der Waals surface area contributed by atoms with Crippen LogP contribution < -0.4 is 5.59 Å². The summed E-state index contributed by atoms with van der Waals surface area (Å²) in [5.74, 6) is 0. The van der Waals surface area contributed by atoms with Crippen molar-refractivity contribution in [3.63, 3.8) is 0 Å². The highest BCUT2D eigenvalue weighted by atomic mass is 32.2. The summed E-state index contributed by atoms with van der Waals surface area (Å²) < 4.78 is 11.9. The zero-order valence-electron chi connectivity index (χ0n) is 10.9. The fourth-order valence-corrected chi connectivity index (χ4v) is 2.13. The fraction of sp³-hybridized carbons (Fsp3) is 0.636. The molecule has 1 fully saturated rings. The molecule has 0 atom stereocenters. The quantitative estimate of drug-likeness (QED) is 0.589. The van der Waals surface area contributed by atoms with Gasteiger partial charge in [-0.25, -0.2) is 4.98 Å². The van der Waals surface area contributed by atoms with E-state index in [0.29, 0.717) is 0 Å². The third kappa shape index (κ3) is 2.21. The Bertz CT molecular complexity index is 410. The van der Waals surface area contributed by atoms with Crippen LogP contribution in [0.2, 0.25) is 0 Å². The van der Waals surface area contributed by atoms with E-state index in [1.165, 1.54) is 0 Å². The first kappa shape index (κ1) is 12.9. The average molecular weight is 252 g/mol. The fourth-order valence-electron chi connectivity index (χ4n) is 1.61. The summed E-state index contributed by atoms with van der Waals surface area (Å²) in [4.78, 5) is 8.61. The van der Waals surface area contributed by atoms with Gasteiger partial charge in [0, 0.05) is 12.4 Å². The summed E-state index contributed by atoms with van der Waals surface area (Å²) in [7, 11) is -0.434. The molecule has 1 saturated heterocycles. The van der Waals surface area contributed by atoms with Crippen LogP contribution in [0.4, 0.5) is 0 Å². The molecule has 0 N–H and O–H groups in total. The molecule has 6 heteroatoms. The number of hydrogen-bond acceptors (Lipinski definition) is 5. The van der Waals surface area contributed by atoms with Gasteiger partial charge in [-0.1, -0.05) is 0 Å². The van der Waals surface area contributed by atoms with Crippen LogP contribution in [0.3, 0.4) is 0 Å². The molecule has 0 bridgehead atoms. The Balaban J connectivity index is 2.32. The molecule has 17 heavy (non-hydrogen) atoms. The first-order valence-electron chi connectivity index (χ1n) is 5.58. The van der Waals surface area contributed by atoms with Crippen LogP contribution in [0, 0.1) is 0 Å². The highest BCUT2D eigenvalue weighted by Gasteiger charge is 2.53. The summed E-state index contributed by atoms with van der Waals surface area (Å²) in [6, 6.07) is 0. The molecule has 1 aliphatic rings. The van der Waals surface area contributed by atoms with Gasteiger partial charge in [0.15, 0.2) is 0 Å². The molecule has 2 heterocycles. The van der Waals surface area contributed by atoms with E-state index in [9.17, 15) is 0 Å². The maximum Gasteiger partial charge on any atom is 0.517 e. The first-order chi connectivity index (χ1) is 7.87. The number of aromatic nitrogens is 2. The van der Waals surface area contributed by atoms with Crippen molar-refractivity contribution in [2.75, 3.05) is 6.26 Å². The SMILES string of the molecule is CSc1nccnc1B1OC(C)(C)C(C)(C)O1. The van der Waals surface area contributed by atoms with E-state index in [0.717, 1.165) is 10.6 Å².